The Labute approximate surface area is 124 Å². The highest BCUT2D eigenvalue weighted by atomic mass is 35.5. The van der Waals surface area contributed by atoms with E-state index in [-0.39, 0.29) is 0 Å². The van der Waals surface area contributed by atoms with Crippen molar-refractivity contribution in [2.45, 2.75) is 26.7 Å². The molecule has 0 fully saturated rings. The maximum atomic E-state index is 5.89. The lowest BCUT2D eigenvalue weighted by molar-refractivity contribution is 0.459. The lowest BCUT2D eigenvalue weighted by Gasteiger charge is -2.09. The van der Waals surface area contributed by atoms with Crippen LogP contribution in [0.25, 0.3) is 0 Å². The van der Waals surface area contributed by atoms with E-state index in [2.05, 4.69) is 41.9 Å². The van der Waals surface area contributed by atoms with E-state index in [1.807, 2.05) is 4.42 Å². The molecule has 4 nitrogen and oxygen atoms in total. The van der Waals surface area contributed by atoms with Crippen LogP contribution in [0.1, 0.15) is 26.7 Å². The Hall–Kier alpha value is -0.130. The second-order valence-corrected chi connectivity index (χ2v) is 4.92. The van der Waals surface area contributed by atoms with Gasteiger partial charge in [0.15, 0.2) is 0 Å². The molecule has 0 amide bonds. The van der Waals surface area contributed by atoms with Crippen LogP contribution in [-0.2, 0) is 0 Å². The van der Waals surface area contributed by atoms with Crippen molar-refractivity contribution in [1.82, 2.24) is 20.4 Å². The molecule has 114 valence electrons. The number of nitrogens with one attached hydrogen (secondary N) is 3. The first-order chi connectivity index (χ1) is 9.31. The third-order valence-electron chi connectivity index (χ3n) is 2.75. The fourth-order valence-corrected chi connectivity index (χ4v) is 1.71. The van der Waals surface area contributed by atoms with Gasteiger partial charge in [-0.3, -0.25) is 0 Å². The second-order valence-electron chi connectivity index (χ2n) is 4.44. The zero-order chi connectivity index (χ0) is 14.2. The molecule has 0 aromatic heterocycles. The zero-order valence-corrected chi connectivity index (χ0v) is 13.3. The number of hydrogen-bond acceptors (Lipinski definition) is 4. The molecule has 0 saturated carbocycles. The Morgan fingerprint density at radius 1 is 0.895 bits per heavy atom. The maximum Gasteiger partial charge on any atom is 0.0150 e. The highest BCUT2D eigenvalue weighted by Crippen LogP contribution is 1.93. The van der Waals surface area contributed by atoms with Crippen molar-refractivity contribution < 1.29 is 0 Å². The predicted octanol–water partition coefficient (Wildman–Crippen LogP) is 1.59. The Morgan fingerprint density at radius 3 is 2.05 bits per heavy atom. The molecule has 3 N–H and O–H groups in total. The van der Waals surface area contributed by atoms with Crippen LogP contribution in [0.15, 0.2) is 12.2 Å². The summed E-state index contributed by atoms with van der Waals surface area (Å²) in [5.74, 6) is 0. The van der Waals surface area contributed by atoms with Crippen molar-refractivity contribution in [2.24, 2.45) is 0 Å². The van der Waals surface area contributed by atoms with Crippen molar-refractivity contribution in [2.75, 3.05) is 52.4 Å². The summed E-state index contributed by atoms with van der Waals surface area (Å²) in [6.45, 7) is 12.2. The van der Waals surface area contributed by atoms with Gasteiger partial charge in [0.05, 0.1) is 0 Å². The first kappa shape index (κ1) is 18.9. The minimum Gasteiger partial charge on any atom is -0.317 e. The van der Waals surface area contributed by atoms with E-state index in [1.165, 1.54) is 6.42 Å². The van der Waals surface area contributed by atoms with E-state index in [0.717, 1.165) is 58.8 Å². The van der Waals surface area contributed by atoms with E-state index in [9.17, 15) is 0 Å². The summed E-state index contributed by atoms with van der Waals surface area (Å²) >= 11 is 5.89. The molecule has 0 atom stereocenters. The van der Waals surface area contributed by atoms with Crippen molar-refractivity contribution in [1.29, 1.82) is 0 Å². The summed E-state index contributed by atoms with van der Waals surface area (Å²) in [6.07, 6.45) is 6.63. The van der Waals surface area contributed by atoms with Gasteiger partial charge in [-0.25, -0.2) is 4.42 Å². The predicted molar refractivity (Wildman–Crippen MR) is 85.8 cm³/mol. The Kier molecular flexibility index (Phi) is 15.8. The molecule has 0 rings (SSSR count). The van der Waals surface area contributed by atoms with Crippen molar-refractivity contribution in [3.8, 4) is 0 Å². The highest BCUT2D eigenvalue weighted by molar-refractivity contribution is 6.13. The zero-order valence-electron chi connectivity index (χ0n) is 12.6. The molecule has 0 aliphatic heterocycles. The summed E-state index contributed by atoms with van der Waals surface area (Å²) in [5, 5.41) is 10.1. The molecule has 0 radical (unpaired) electrons. The van der Waals surface area contributed by atoms with Crippen LogP contribution in [0.5, 0.6) is 0 Å². The van der Waals surface area contributed by atoms with Gasteiger partial charge in [-0.1, -0.05) is 26.0 Å². The molecular formula is C14H31ClN4. The van der Waals surface area contributed by atoms with Gasteiger partial charge in [0.2, 0.25) is 0 Å². The largest absolute Gasteiger partial charge is 0.317 e. The quantitative estimate of drug-likeness (QED) is 0.258. The average molecular weight is 291 g/mol. The number of hydrogen-bond donors (Lipinski definition) is 3. The van der Waals surface area contributed by atoms with Crippen molar-refractivity contribution in [3.05, 3.63) is 12.2 Å². The van der Waals surface area contributed by atoms with Crippen LogP contribution in [0.2, 0.25) is 0 Å². The fraction of sp³-hybridized carbons (Fsp3) is 0.857. The van der Waals surface area contributed by atoms with E-state index in [4.69, 9.17) is 11.8 Å². The highest BCUT2D eigenvalue weighted by Gasteiger charge is 1.94. The lowest BCUT2D eigenvalue weighted by Crippen LogP contribution is -2.22. The van der Waals surface area contributed by atoms with Gasteiger partial charge < -0.3 is 16.0 Å². The molecule has 0 unspecified atom stereocenters. The summed E-state index contributed by atoms with van der Waals surface area (Å²) in [6, 6.07) is 0. The first-order valence-corrected chi connectivity index (χ1v) is 7.82. The van der Waals surface area contributed by atoms with Crippen LogP contribution in [0.3, 0.4) is 0 Å². The van der Waals surface area contributed by atoms with Crippen LogP contribution in [0, 0.1) is 0 Å². The Balaban J connectivity index is 3.09. The van der Waals surface area contributed by atoms with Gasteiger partial charge in [-0.2, -0.15) is 0 Å². The molecular weight excluding hydrogens is 260 g/mol. The summed E-state index contributed by atoms with van der Waals surface area (Å²) in [7, 11) is 0. The Bertz CT molecular complexity index is 200. The molecule has 0 aromatic carbocycles. The van der Waals surface area contributed by atoms with Gasteiger partial charge in [0.25, 0.3) is 0 Å². The third-order valence-corrected chi connectivity index (χ3v) is 3.15. The van der Waals surface area contributed by atoms with Gasteiger partial charge in [-0.05, 0) is 50.8 Å². The number of rotatable bonds is 14. The minimum absolute atomic E-state index is 0.904. The first-order valence-electron chi connectivity index (χ1n) is 7.49. The van der Waals surface area contributed by atoms with Crippen LogP contribution in [-0.4, -0.2) is 56.8 Å². The lowest BCUT2D eigenvalue weighted by atomic mass is 10.4. The molecule has 0 aromatic rings. The number of halogens is 1. The molecule has 0 bridgehead atoms. The summed E-state index contributed by atoms with van der Waals surface area (Å²) in [4.78, 5) is 0. The molecule has 0 spiro atoms. The average Bonchev–Trinajstić information content (AvgIpc) is 2.43. The van der Waals surface area contributed by atoms with Gasteiger partial charge in [0.1, 0.15) is 0 Å². The second kappa shape index (κ2) is 15.9. The van der Waals surface area contributed by atoms with Crippen LogP contribution >= 0.6 is 11.8 Å². The standard InChI is InChI=1S/C14H31ClN4/c1-3-16-11-7-12-17-9-5-6-10-18-13-8-14-19(15)4-2/h5-6,16-18H,3-4,7-14H2,1-2H3. The van der Waals surface area contributed by atoms with Gasteiger partial charge >= 0.3 is 0 Å². The molecule has 0 saturated heterocycles. The molecule has 0 aliphatic rings. The van der Waals surface area contributed by atoms with Crippen LogP contribution < -0.4 is 16.0 Å². The molecule has 19 heavy (non-hydrogen) atoms. The van der Waals surface area contributed by atoms with Crippen molar-refractivity contribution in [3.63, 3.8) is 0 Å². The molecule has 0 aliphatic carbocycles. The van der Waals surface area contributed by atoms with E-state index >= 15 is 0 Å². The normalized spacial score (nSPS) is 11.8. The van der Waals surface area contributed by atoms with Gasteiger partial charge in [-0.15, -0.1) is 0 Å². The topological polar surface area (TPSA) is 39.3 Å². The molecule has 0 heterocycles. The van der Waals surface area contributed by atoms with E-state index < -0.39 is 0 Å². The number of nitrogens with zero attached hydrogens (tertiary/aromatic N) is 1. The van der Waals surface area contributed by atoms with Crippen LogP contribution in [0.4, 0.5) is 0 Å². The monoisotopic (exact) mass is 290 g/mol. The molecule has 5 heteroatoms. The minimum atomic E-state index is 0.904. The third kappa shape index (κ3) is 15.8. The summed E-state index contributed by atoms with van der Waals surface area (Å²) < 4.78 is 1.81. The fourth-order valence-electron chi connectivity index (χ4n) is 1.59. The SMILES string of the molecule is CCNCCCNCC=CCNCCCN(Cl)CC. The Morgan fingerprint density at radius 2 is 1.47 bits per heavy atom. The smallest absolute Gasteiger partial charge is 0.0150 e. The van der Waals surface area contributed by atoms with E-state index in [0.29, 0.717) is 0 Å². The maximum absolute atomic E-state index is 5.89. The summed E-state index contributed by atoms with van der Waals surface area (Å²) in [5.41, 5.74) is 0. The van der Waals surface area contributed by atoms with Gasteiger partial charge in [0, 0.05) is 26.2 Å². The van der Waals surface area contributed by atoms with Crippen molar-refractivity contribution >= 4 is 11.8 Å². The van der Waals surface area contributed by atoms with E-state index in [1.54, 1.807) is 0 Å².